The quantitative estimate of drug-likeness (QED) is 0.627. The average molecular weight is 465 g/mol. The molecule has 0 radical (unpaired) electrons. The van der Waals surface area contributed by atoms with Gasteiger partial charge in [0.05, 0.1) is 9.80 Å². The first-order valence-corrected chi connectivity index (χ1v) is 11.2. The number of amidine groups is 1. The molecule has 2 aromatic rings. The lowest BCUT2D eigenvalue weighted by Gasteiger charge is -2.11. The van der Waals surface area contributed by atoms with Crippen LogP contribution in [0, 0.1) is 6.92 Å². The standard InChI is InChI=1S/C19H17BrN2O3S2/c1-3-22-18(23)17(12-14-6-8-15(20)9-7-14)26-19(22)21-27(24,25)16-10-4-13(2)5-11-16/h4-12H,3H2,1-2H3/b17-12-,21-19-. The smallest absolute Gasteiger partial charge is 0.284 e. The first kappa shape index (κ1) is 19.9. The van der Waals surface area contributed by atoms with Gasteiger partial charge in [0.2, 0.25) is 0 Å². The summed E-state index contributed by atoms with van der Waals surface area (Å²) in [6.45, 7) is 4.01. The second-order valence-corrected chi connectivity index (χ2v) is 9.40. The van der Waals surface area contributed by atoms with Crippen LogP contribution >= 0.6 is 27.7 Å². The molecule has 0 aliphatic carbocycles. The molecule has 0 spiro atoms. The van der Waals surface area contributed by atoms with Crippen LogP contribution in [0.1, 0.15) is 18.1 Å². The molecule has 3 rings (SSSR count). The van der Waals surface area contributed by atoms with E-state index in [2.05, 4.69) is 20.3 Å². The summed E-state index contributed by atoms with van der Waals surface area (Å²) in [4.78, 5) is 14.6. The Labute approximate surface area is 171 Å². The number of sulfonamides is 1. The van der Waals surface area contributed by atoms with E-state index < -0.39 is 10.0 Å². The monoisotopic (exact) mass is 464 g/mol. The summed E-state index contributed by atoms with van der Waals surface area (Å²) in [5.41, 5.74) is 1.81. The zero-order valence-corrected chi connectivity index (χ0v) is 17.9. The van der Waals surface area contributed by atoms with E-state index in [0.29, 0.717) is 11.4 Å². The molecule has 5 nitrogen and oxygen atoms in total. The number of nitrogens with zero attached hydrogens (tertiary/aromatic N) is 2. The van der Waals surface area contributed by atoms with E-state index in [1.54, 1.807) is 25.1 Å². The van der Waals surface area contributed by atoms with Gasteiger partial charge in [0, 0.05) is 11.0 Å². The zero-order valence-electron chi connectivity index (χ0n) is 14.7. The Hall–Kier alpha value is -1.90. The summed E-state index contributed by atoms with van der Waals surface area (Å²) < 4.78 is 30.1. The van der Waals surface area contributed by atoms with Gasteiger partial charge in [-0.25, -0.2) is 0 Å². The fourth-order valence-corrected chi connectivity index (χ4v) is 4.94. The van der Waals surface area contributed by atoms with Gasteiger partial charge in [0.15, 0.2) is 5.17 Å². The molecule has 0 bridgehead atoms. The van der Waals surface area contributed by atoms with E-state index in [9.17, 15) is 13.2 Å². The molecular weight excluding hydrogens is 448 g/mol. The Bertz CT molecular complexity index is 1030. The highest BCUT2D eigenvalue weighted by molar-refractivity contribution is 9.10. The van der Waals surface area contributed by atoms with E-state index in [0.717, 1.165) is 27.4 Å². The minimum atomic E-state index is -3.89. The van der Waals surface area contributed by atoms with Gasteiger partial charge >= 0.3 is 0 Å². The van der Waals surface area contributed by atoms with Gasteiger partial charge in [-0.2, -0.15) is 8.42 Å². The van der Waals surface area contributed by atoms with Crippen LogP contribution in [0.2, 0.25) is 0 Å². The number of benzene rings is 2. The maximum Gasteiger partial charge on any atom is 0.284 e. The van der Waals surface area contributed by atoms with Gasteiger partial charge in [0.25, 0.3) is 15.9 Å². The lowest BCUT2D eigenvalue weighted by Crippen LogP contribution is -2.29. The van der Waals surface area contributed by atoms with E-state index >= 15 is 0 Å². The van der Waals surface area contributed by atoms with Crippen LogP contribution in [0.15, 0.2) is 67.2 Å². The first-order chi connectivity index (χ1) is 12.8. The highest BCUT2D eigenvalue weighted by Gasteiger charge is 2.34. The van der Waals surface area contributed by atoms with Crippen LogP contribution in [0.4, 0.5) is 0 Å². The largest absolute Gasteiger partial charge is 0.286 e. The summed E-state index contributed by atoms with van der Waals surface area (Å²) >= 11 is 4.44. The molecule has 0 saturated carbocycles. The summed E-state index contributed by atoms with van der Waals surface area (Å²) in [5.74, 6) is -0.247. The molecule has 8 heteroatoms. The Morgan fingerprint density at radius 3 is 2.33 bits per heavy atom. The highest BCUT2D eigenvalue weighted by Crippen LogP contribution is 2.33. The minimum Gasteiger partial charge on any atom is -0.286 e. The molecule has 27 heavy (non-hydrogen) atoms. The zero-order chi connectivity index (χ0) is 19.6. The molecule has 1 fully saturated rings. The molecule has 2 aromatic carbocycles. The van der Waals surface area contributed by atoms with E-state index in [4.69, 9.17) is 0 Å². The average Bonchev–Trinajstić information content (AvgIpc) is 2.91. The van der Waals surface area contributed by atoms with Crippen LogP contribution in [0.5, 0.6) is 0 Å². The van der Waals surface area contributed by atoms with Crippen molar-refractivity contribution in [1.29, 1.82) is 0 Å². The van der Waals surface area contributed by atoms with E-state index in [-0.39, 0.29) is 16.0 Å². The number of halogens is 1. The molecule has 0 N–H and O–H groups in total. The highest BCUT2D eigenvalue weighted by atomic mass is 79.9. The Balaban J connectivity index is 1.95. The van der Waals surface area contributed by atoms with Crippen molar-refractivity contribution in [3.8, 4) is 0 Å². The molecule has 1 aliphatic heterocycles. The third-order valence-corrected chi connectivity index (χ3v) is 6.82. The molecule has 1 aliphatic rings. The summed E-state index contributed by atoms with van der Waals surface area (Å²) in [5, 5.41) is 0.173. The topological polar surface area (TPSA) is 66.8 Å². The van der Waals surface area contributed by atoms with Crippen molar-refractivity contribution < 1.29 is 13.2 Å². The number of aryl methyl sites for hydroxylation is 1. The van der Waals surface area contributed by atoms with E-state index in [1.807, 2.05) is 31.2 Å². The number of amides is 1. The molecule has 1 heterocycles. The molecule has 0 atom stereocenters. The number of carbonyl (C=O) groups excluding carboxylic acids is 1. The lowest BCUT2D eigenvalue weighted by atomic mass is 10.2. The molecule has 140 valence electrons. The third-order valence-electron chi connectivity index (χ3n) is 3.89. The number of likely N-dealkylation sites (N-methyl/N-ethyl adjacent to an activating group) is 1. The van der Waals surface area contributed by atoms with Crippen LogP contribution in [-0.2, 0) is 14.8 Å². The van der Waals surface area contributed by atoms with Crippen LogP contribution < -0.4 is 0 Å². The van der Waals surface area contributed by atoms with Crippen LogP contribution in [-0.4, -0.2) is 30.9 Å². The maximum absolute atomic E-state index is 12.6. The Kier molecular flexibility index (Phi) is 5.88. The lowest BCUT2D eigenvalue weighted by molar-refractivity contribution is -0.122. The normalized spacial score (nSPS) is 17.9. The van der Waals surface area contributed by atoms with Crippen molar-refractivity contribution >= 4 is 54.9 Å². The number of hydrogen-bond acceptors (Lipinski definition) is 4. The molecule has 0 unspecified atom stereocenters. The number of thioether (sulfide) groups is 1. The maximum atomic E-state index is 12.6. The van der Waals surface area contributed by atoms with Crippen LogP contribution in [0.25, 0.3) is 6.08 Å². The van der Waals surface area contributed by atoms with Gasteiger partial charge in [-0.3, -0.25) is 9.69 Å². The number of hydrogen-bond donors (Lipinski definition) is 0. The van der Waals surface area contributed by atoms with Crippen LogP contribution in [0.3, 0.4) is 0 Å². The third kappa shape index (κ3) is 4.51. The van der Waals surface area contributed by atoms with Crippen molar-refractivity contribution in [2.24, 2.45) is 4.40 Å². The van der Waals surface area contributed by atoms with Gasteiger partial charge in [-0.05, 0) is 61.5 Å². The Morgan fingerprint density at radius 2 is 1.74 bits per heavy atom. The van der Waals surface area contributed by atoms with Gasteiger partial charge < -0.3 is 0 Å². The number of carbonyl (C=O) groups is 1. The summed E-state index contributed by atoms with van der Waals surface area (Å²) in [7, 11) is -3.89. The predicted octanol–water partition coefficient (Wildman–Crippen LogP) is 4.44. The van der Waals surface area contributed by atoms with Crippen molar-refractivity contribution in [1.82, 2.24) is 4.90 Å². The van der Waals surface area contributed by atoms with Gasteiger partial charge in [0.1, 0.15) is 0 Å². The first-order valence-electron chi connectivity index (χ1n) is 8.19. The molecule has 1 amide bonds. The van der Waals surface area contributed by atoms with Gasteiger partial charge in [-0.1, -0.05) is 45.8 Å². The second kappa shape index (κ2) is 8.00. The van der Waals surface area contributed by atoms with Crippen molar-refractivity contribution in [3.63, 3.8) is 0 Å². The van der Waals surface area contributed by atoms with Crippen molar-refractivity contribution in [3.05, 3.63) is 69.0 Å². The summed E-state index contributed by atoms with van der Waals surface area (Å²) in [6.07, 6.45) is 1.74. The Morgan fingerprint density at radius 1 is 1.11 bits per heavy atom. The van der Waals surface area contributed by atoms with E-state index in [1.165, 1.54) is 17.0 Å². The molecule has 0 aromatic heterocycles. The fourth-order valence-electron chi connectivity index (χ4n) is 2.43. The summed E-state index contributed by atoms with van der Waals surface area (Å²) in [6, 6.07) is 14.0. The van der Waals surface area contributed by atoms with Gasteiger partial charge in [-0.15, -0.1) is 4.40 Å². The fraction of sp³-hybridized carbons (Fsp3) is 0.158. The SMILES string of the molecule is CCN1C(=O)/C(=C/c2ccc(Br)cc2)S/C1=N\S(=O)(=O)c1ccc(C)cc1. The van der Waals surface area contributed by atoms with Crippen molar-refractivity contribution in [2.75, 3.05) is 6.54 Å². The second-order valence-electron chi connectivity index (χ2n) is 5.87. The molecule has 1 saturated heterocycles. The number of rotatable bonds is 4. The van der Waals surface area contributed by atoms with Crippen molar-refractivity contribution in [2.45, 2.75) is 18.7 Å². The molecular formula is C19H17BrN2O3S2. The minimum absolute atomic E-state index is 0.107. The predicted molar refractivity (Wildman–Crippen MR) is 113 cm³/mol.